The molecule has 48 heavy (non-hydrogen) atoms. The highest BCUT2D eigenvalue weighted by molar-refractivity contribution is 6.35. The molecule has 250 valence electrons. The summed E-state index contributed by atoms with van der Waals surface area (Å²) in [6.07, 6.45) is 7.01. The number of hydrogen-bond donors (Lipinski definition) is 0. The first-order chi connectivity index (χ1) is 23.4. The second kappa shape index (κ2) is 13.9. The van der Waals surface area contributed by atoms with Crippen molar-refractivity contribution in [1.82, 2.24) is 44.5 Å². The van der Waals surface area contributed by atoms with Crippen molar-refractivity contribution in [2.24, 2.45) is 0 Å². The molecule has 2 saturated heterocycles. The Balaban J connectivity index is 0.925. The van der Waals surface area contributed by atoms with E-state index in [4.69, 9.17) is 37.4 Å². The van der Waals surface area contributed by atoms with Gasteiger partial charge in [-0.3, -0.25) is 0 Å². The van der Waals surface area contributed by atoms with E-state index >= 15 is 0 Å². The summed E-state index contributed by atoms with van der Waals surface area (Å²) in [7, 11) is 0. The van der Waals surface area contributed by atoms with Gasteiger partial charge in [-0.2, -0.15) is 5.10 Å². The van der Waals surface area contributed by atoms with Crippen LogP contribution in [0.1, 0.15) is 18.9 Å². The Morgan fingerprint density at radius 1 is 0.958 bits per heavy atom. The van der Waals surface area contributed by atoms with Crippen molar-refractivity contribution in [3.63, 3.8) is 0 Å². The van der Waals surface area contributed by atoms with E-state index in [1.807, 2.05) is 31.2 Å². The molecular weight excluding hydrogens is 661 g/mol. The van der Waals surface area contributed by atoms with Gasteiger partial charge in [-0.15, -0.1) is 5.10 Å². The molecule has 15 nitrogen and oxygen atoms in total. The molecule has 2 aliphatic rings. The van der Waals surface area contributed by atoms with Crippen LogP contribution in [-0.2, 0) is 28.4 Å². The molecule has 0 N–H and O–H groups in total. The van der Waals surface area contributed by atoms with Crippen molar-refractivity contribution >= 4 is 34.6 Å². The molecule has 0 aliphatic carbocycles. The molecule has 17 heteroatoms. The maximum absolute atomic E-state index is 12.6. The number of piperazine rings is 1. The van der Waals surface area contributed by atoms with Crippen molar-refractivity contribution in [3.8, 4) is 11.7 Å². The molecule has 2 fully saturated rings. The van der Waals surface area contributed by atoms with Gasteiger partial charge >= 0.3 is 11.7 Å². The molecule has 0 saturated carbocycles. The standard InChI is InChI=1S/C31H33Cl2N11O4/c1-2-9-44-30(45)43(21-37-44)24-6-4-23(5-7-24)40-10-12-41(13-11-40)25-15-34-29(35-16-25)46-17-26-18-47-31(48-26,19-42-20-36-38-39-42)27-8-3-22(32)14-28(27)33/h3-8,14-16,20-21,26H,2,9-13,17-19H2,1H3/t26-,31-/m1/s1. The Morgan fingerprint density at radius 2 is 1.69 bits per heavy atom. The van der Waals surface area contributed by atoms with E-state index in [0.29, 0.717) is 22.2 Å². The van der Waals surface area contributed by atoms with Crippen LogP contribution in [0.3, 0.4) is 0 Å². The van der Waals surface area contributed by atoms with Gasteiger partial charge in [0.15, 0.2) is 0 Å². The van der Waals surface area contributed by atoms with E-state index in [-0.39, 0.29) is 31.5 Å². The molecule has 7 rings (SSSR count). The van der Waals surface area contributed by atoms with Gasteiger partial charge in [-0.25, -0.2) is 28.7 Å². The zero-order valence-electron chi connectivity index (χ0n) is 26.1. The minimum atomic E-state index is -1.24. The summed E-state index contributed by atoms with van der Waals surface area (Å²) < 4.78 is 23.0. The average molecular weight is 695 g/mol. The van der Waals surface area contributed by atoms with Gasteiger partial charge in [0.2, 0.25) is 5.79 Å². The lowest BCUT2D eigenvalue weighted by Crippen LogP contribution is -2.46. The zero-order valence-corrected chi connectivity index (χ0v) is 27.6. The smallest absolute Gasteiger partial charge is 0.350 e. The van der Waals surface area contributed by atoms with Crippen molar-refractivity contribution < 1.29 is 14.2 Å². The van der Waals surface area contributed by atoms with Gasteiger partial charge in [0.1, 0.15) is 31.9 Å². The number of tetrazole rings is 1. The summed E-state index contributed by atoms with van der Waals surface area (Å²) >= 11 is 12.7. The summed E-state index contributed by atoms with van der Waals surface area (Å²) in [6, 6.07) is 13.4. The molecule has 0 spiro atoms. The summed E-state index contributed by atoms with van der Waals surface area (Å²) in [6.45, 7) is 6.47. The fraction of sp³-hybridized carbons (Fsp3) is 0.387. The van der Waals surface area contributed by atoms with Crippen LogP contribution in [0.2, 0.25) is 10.0 Å². The van der Waals surface area contributed by atoms with Gasteiger partial charge in [0.25, 0.3) is 0 Å². The maximum atomic E-state index is 12.6. The lowest BCUT2D eigenvalue weighted by Gasteiger charge is -2.37. The molecule has 2 atom stereocenters. The number of anilines is 2. The second-order valence-electron chi connectivity index (χ2n) is 11.5. The summed E-state index contributed by atoms with van der Waals surface area (Å²) in [5, 5.41) is 16.5. The van der Waals surface area contributed by atoms with Gasteiger partial charge in [0, 0.05) is 49.0 Å². The number of hydrogen-bond acceptors (Lipinski definition) is 12. The first-order valence-corrected chi connectivity index (χ1v) is 16.3. The minimum Gasteiger partial charge on any atom is -0.461 e. The molecule has 5 heterocycles. The summed E-state index contributed by atoms with van der Waals surface area (Å²) in [5.74, 6) is -1.24. The predicted octanol–water partition coefficient (Wildman–Crippen LogP) is 3.20. The molecule has 0 unspecified atom stereocenters. The van der Waals surface area contributed by atoms with Crippen molar-refractivity contribution in [2.75, 3.05) is 49.2 Å². The predicted molar refractivity (Wildman–Crippen MR) is 177 cm³/mol. The number of aromatic nitrogens is 9. The highest BCUT2D eigenvalue weighted by Gasteiger charge is 2.46. The Kier molecular flexibility index (Phi) is 9.26. The normalized spacial score (nSPS) is 19.6. The van der Waals surface area contributed by atoms with E-state index in [1.54, 1.807) is 41.5 Å². The SMILES string of the molecule is CCCn1ncn(-c2ccc(N3CCN(c4cnc(OC[C@@H]5CO[C@@](Cn6cnnn6)(c6ccc(Cl)cc6Cl)O5)nc4)CC3)cc2)c1=O. The Morgan fingerprint density at radius 3 is 2.38 bits per heavy atom. The lowest BCUT2D eigenvalue weighted by atomic mass is 10.1. The Bertz CT molecular complexity index is 1880. The van der Waals surface area contributed by atoms with Crippen LogP contribution in [0.15, 0.2) is 72.3 Å². The lowest BCUT2D eigenvalue weighted by molar-refractivity contribution is -0.191. The molecule has 2 aromatic carbocycles. The molecular formula is C31H33Cl2N11O4. The van der Waals surface area contributed by atoms with Crippen molar-refractivity contribution in [1.29, 1.82) is 0 Å². The van der Waals surface area contributed by atoms with Crippen LogP contribution in [-0.4, -0.2) is 90.0 Å². The van der Waals surface area contributed by atoms with E-state index < -0.39 is 11.9 Å². The van der Waals surface area contributed by atoms with Gasteiger partial charge < -0.3 is 24.0 Å². The van der Waals surface area contributed by atoms with E-state index in [9.17, 15) is 4.79 Å². The van der Waals surface area contributed by atoms with Gasteiger partial charge in [-0.05, 0) is 53.2 Å². The molecule has 0 amide bonds. The first-order valence-electron chi connectivity index (χ1n) is 15.6. The fourth-order valence-corrected chi connectivity index (χ4v) is 6.41. The van der Waals surface area contributed by atoms with Gasteiger partial charge in [-0.1, -0.05) is 36.2 Å². The number of halogens is 2. The van der Waals surface area contributed by atoms with E-state index in [2.05, 4.69) is 40.4 Å². The molecule has 3 aromatic heterocycles. The molecule has 5 aromatic rings. The third-order valence-corrected chi connectivity index (χ3v) is 8.83. The summed E-state index contributed by atoms with van der Waals surface area (Å²) in [4.78, 5) is 26.0. The van der Waals surface area contributed by atoms with Crippen molar-refractivity contribution in [3.05, 3.63) is 93.6 Å². The van der Waals surface area contributed by atoms with Crippen LogP contribution < -0.4 is 20.2 Å². The number of ether oxygens (including phenoxy) is 3. The fourth-order valence-electron chi connectivity index (χ4n) is 5.86. The topological polar surface area (TPSA) is 143 Å². The zero-order chi connectivity index (χ0) is 33.1. The molecule has 0 bridgehead atoms. The highest BCUT2D eigenvalue weighted by atomic mass is 35.5. The largest absolute Gasteiger partial charge is 0.461 e. The highest BCUT2D eigenvalue weighted by Crippen LogP contribution is 2.40. The Labute approximate surface area is 285 Å². The first kappa shape index (κ1) is 32.0. The maximum Gasteiger partial charge on any atom is 0.350 e. The monoisotopic (exact) mass is 693 g/mol. The molecule has 0 radical (unpaired) electrons. The van der Waals surface area contributed by atoms with Crippen LogP contribution >= 0.6 is 23.2 Å². The summed E-state index contributed by atoms with van der Waals surface area (Å²) in [5.41, 5.74) is 3.30. The van der Waals surface area contributed by atoms with Crippen molar-refractivity contribution in [2.45, 2.75) is 38.3 Å². The van der Waals surface area contributed by atoms with Crippen LogP contribution in [0.4, 0.5) is 11.4 Å². The number of nitrogens with zero attached hydrogens (tertiary/aromatic N) is 11. The number of benzene rings is 2. The third kappa shape index (κ3) is 6.71. The minimum absolute atomic E-state index is 0.128. The van der Waals surface area contributed by atoms with E-state index in [0.717, 1.165) is 49.7 Å². The third-order valence-electron chi connectivity index (χ3n) is 8.28. The molecule has 2 aliphatic heterocycles. The second-order valence-corrected chi connectivity index (χ2v) is 12.3. The van der Waals surface area contributed by atoms with Crippen LogP contribution in [0, 0.1) is 0 Å². The number of aryl methyl sites for hydroxylation is 1. The van der Waals surface area contributed by atoms with Gasteiger partial charge in [0.05, 0.1) is 35.4 Å². The number of rotatable bonds is 11. The quantitative estimate of drug-likeness (QED) is 0.200. The van der Waals surface area contributed by atoms with Crippen LogP contribution in [0.5, 0.6) is 6.01 Å². The average Bonchev–Trinajstić information content (AvgIpc) is 3.86. The van der Waals surface area contributed by atoms with E-state index in [1.165, 1.54) is 15.7 Å². The Hall–Kier alpha value is -4.57. The van der Waals surface area contributed by atoms with Crippen LogP contribution in [0.25, 0.3) is 5.69 Å².